The standard InChI is InChI=1S/C24H30N4O2/c29-23(20-11-8-12-21(17-20)28-16-13-25-24(28)30)26-18-22(19-9-4-3-5-10-19)27-14-6-1-2-7-15-27/h3-5,8-12,17,22H,1-2,6-7,13-16,18H2,(H,25,30)(H,26,29). The molecule has 2 aromatic rings. The summed E-state index contributed by atoms with van der Waals surface area (Å²) in [5.41, 5.74) is 2.57. The highest BCUT2D eigenvalue weighted by atomic mass is 16.2. The number of anilines is 1. The monoisotopic (exact) mass is 406 g/mol. The summed E-state index contributed by atoms with van der Waals surface area (Å²) in [5, 5.41) is 5.94. The van der Waals surface area contributed by atoms with Gasteiger partial charge in [0.2, 0.25) is 0 Å². The zero-order valence-electron chi connectivity index (χ0n) is 17.3. The highest BCUT2D eigenvalue weighted by molar-refractivity contribution is 5.98. The Hall–Kier alpha value is -2.86. The van der Waals surface area contributed by atoms with Crippen LogP contribution in [0, 0.1) is 0 Å². The number of benzene rings is 2. The maximum absolute atomic E-state index is 12.9. The number of likely N-dealkylation sites (tertiary alicyclic amines) is 1. The average molecular weight is 407 g/mol. The van der Waals surface area contributed by atoms with E-state index in [1.807, 2.05) is 18.2 Å². The minimum absolute atomic E-state index is 0.104. The van der Waals surface area contributed by atoms with Crippen LogP contribution >= 0.6 is 0 Å². The van der Waals surface area contributed by atoms with E-state index in [-0.39, 0.29) is 18.0 Å². The van der Waals surface area contributed by atoms with Crippen LogP contribution in [0.2, 0.25) is 0 Å². The summed E-state index contributed by atoms with van der Waals surface area (Å²) in [6, 6.07) is 17.8. The first-order valence-corrected chi connectivity index (χ1v) is 10.9. The molecule has 0 radical (unpaired) electrons. The summed E-state index contributed by atoms with van der Waals surface area (Å²) in [4.78, 5) is 29.0. The van der Waals surface area contributed by atoms with Crippen LogP contribution < -0.4 is 15.5 Å². The molecule has 2 saturated heterocycles. The molecule has 2 aliphatic heterocycles. The number of hydrogen-bond donors (Lipinski definition) is 2. The van der Waals surface area contributed by atoms with Gasteiger partial charge < -0.3 is 10.6 Å². The number of carbonyl (C=O) groups excluding carboxylic acids is 2. The van der Waals surface area contributed by atoms with Gasteiger partial charge in [0.1, 0.15) is 0 Å². The van der Waals surface area contributed by atoms with Crippen LogP contribution in [0.5, 0.6) is 0 Å². The van der Waals surface area contributed by atoms with Gasteiger partial charge in [0, 0.05) is 30.9 Å². The Morgan fingerprint density at radius 1 is 0.967 bits per heavy atom. The lowest BCUT2D eigenvalue weighted by atomic mass is 10.0. The van der Waals surface area contributed by atoms with Crippen LogP contribution in [-0.2, 0) is 0 Å². The minimum atomic E-state index is -0.113. The van der Waals surface area contributed by atoms with Gasteiger partial charge in [-0.25, -0.2) is 4.79 Å². The molecule has 3 amide bonds. The molecule has 0 bridgehead atoms. The van der Waals surface area contributed by atoms with E-state index in [1.54, 1.807) is 17.0 Å². The maximum Gasteiger partial charge on any atom is 0.321 e. The molecule has 2 fully saturated rings. The SMILES string of the molecule is O=C(NCC(c1ccccc1)N1CCCCCC1)c1cccc(N2CCNC2=O)c1. The molecule has 0 spiro atoms. The van der Waals surface area contributed by atoms with Crippen molar-refractivity contribution in [3.05, 3.63) is 65.7 Å². The van der Waals surface area contributed by atoms with Crippen molar-refractivity contribution in [2.75, 3.05) is 37.6 Å². The van der Waals surface area contributed by atoms with Gasteiger partial charge in [-0.15, -0.1) is 0 Å². The third-order valence-corrected chi connectivity index (χ3v) is 6.00. The Labute approximate surface area is 178 Å². The van der Waals surface area contributed by atoms with E-state index in [0.717, 1.165) is 18.8 Å². The molecule has 0 aliphatic carbocycles. The number of carbonyl (C=O) groups is 2. The predicted molar refractivity (Wildman–Crippen MR) is 119 cm³/mol. The van der Waals surface area contributed by atoms with E-state index < -0.39 is 0 Å². The van der Waals surface area contributed by atoms with Gasteiger partial charge in [-0.05, 0) is 49.7 Å². The summed E-state index contributed by atoms with van der Waals surface area (Å²) < 4.78 is 0. The van der Waals surface area contributed by atoms with Crippen LogP contribution in [0.1, 0.15) is 47.6 Å². The predicted octanol–water partition coefficient (Wildman–Crippen LogP) is 3.56. The molecular weight excluding hydrogens is 376 g/mol. The zero-order chi connectivity index (χ0) is 20.8. The third kappa shape index (κ3) is 4.82. The zero-order valence-corrected chi connectivity index (χ0v) is 17.3. The van der Waals surface area contributed by atoms with Crippen LogP contribution in [0.25, 0.3) is 0 Å². The van der Waals surface area contributed by atoms with Gasteiger partial charge in [-0.2, -0.15) is 0 Å². The van der Waals surface area contributed by atoms with Crippen molar-refractivity contribution in [2.45, 2.75) is 31.7 Å². The van der Waals surface area contributed by atoms with Crippen LogP contribution in [0.3, 0.4) is 0 Å². The lowest BCUT2D eigenvalue weighted by Crippen LogP contribution is -2.38. The van der Waals surface area contributed by atoms with Crippen LogP contribution in [0.4, 0.5) is 10.5 Å². The second kappa shape index (κ2) is 9.76. The maximum atomic E-state index is 12.9. The first-order valence-electron chi connectivity index (χ1n) is 10.9. The fourth-order valence-corrected chi connectivity index (χ4v) is 4.36. The van der Waals surface area contributed by atoms with Gasteiger partial charge in [-0.3, -0.25) is 14.6 Å². The van der Waals surface area contributed by atoms with E-state index in [0.29, 0.717) is 25.2 Å². The summed E-state index contributed by atoms with van der Waals surface area (Å²) in [6.07, 6.45) is 4.97. The molecule has 6 heteroatoms. The normalized spacial score (nSPS) is 18.5. The summed E-state index contributed by atoms with van der Waals surface area (Å²) >= 11 is 0. The van der Waals surface area contributed by atoms with E-state index in [9.17, 15) is 9.59 Å². The lowest BCUT2D eigenvalue weighted by Gasteiger charge is -2.31. The van der Waals surface area contributed by atoms with Crippen molar-refractivity contribution in [3.8, 4) is 0 Å². The van der Waals surface area contributed by atoms with Gasteiger partial charge in [0.15, 0.2) is 0 Å². The second-order valence-corrected chi connectivity index (χ2v) is 8.02. The third-order valence-electron chi connectivity index (χ3n) is 6.00. The van der Waals surface area contributed by atoms with Gasteiger partial charge >= 0.3 is 6.03 Å². The van der Waals surface area contributed by atoms with E-state index in [2.05, 4.69) is 39.8 Å². The Morgan fingerprint density at radius 2 is 1.73 bits per heavy atom. The minimum Gasteiger partial charge on any atom is -0.350 e. The van der Waals surface area contributed by atoms with Crippen LogP contribution in [-0.4, -0.2) is 49.6 Å². The number of hydrogen-bond acceptors (Lipinski definition) is 3. The van der Waals surface area contributed by atoms with Crippen molar-refractivity contribution < 1.29 is 9.59 Å². The highest BCUT2D eigenvalue weighted by Gasteiger charge is 2.24. The molecule has 0 aromatic heterocycles. The molecule has 4 rings (SSSR count). The Bertz CT molecular complexity index is 863. The highest BCUT2D eigenvalue weighted by Crippen LogP contribution is 2.24. The molecule has 1 atom stereocenters. The number of nitrogens with zero attached hydrogens (tertiary/aromatic N) is 2. The van der Waals surface area contributed by atoms with E-state index in [4.69, 9.17) is 0 Å². The quantitative estimate of drug-likeness (QED) is 0.771. The molecule has 2 aromatic carbocycles. The molecular formula is C24H30N4O2. The number of urea groups is 1. The summed E-state index contributed by atoms with van der Waals surface area (Å²) in [5.74, 6) is -0.104. The lowest BCUT2D eigenvalue weighted by molar-refractivity contribution is 0.0933. The van der Waals surface area contributed by atoms with Crippen molar-refractivity contribution >= 4 is 17.6 Å². The first-order chi connectivity index (χ1) is 14.7. The molecule has 2 N–H and O–H groups in total. The number of rotatable bonds is 6. The molecule has 2 heterocycles. The van der Waals surface area contributed by atoms with E-state index >= 15 is 0 Å². The molecule has 1 unspecified atom stereocenters. The van der Waals surface area contributed by atoms with Gasteiger partial charge in [0.05, 0.1) is 6.04 Å². The number of nitrogens with one attached hydrogen (secondary N) is 2. The van der Waals surface area contributed by atoms with Crippen molar-refractivity contribution in [1.82, 2.24) is 15.5 Å². The Balaban J connectivity index is 1.46. The van der Waals surface area contributed by atoms with Crippen molar-refractivity contribution in [2.24, 2.45) is 0 Å². The molecule has 30 heavy (non-hydrogen) atoms. The fraction of sp³-hybridized carbons (Fsp3) is 0.417. The van der Waals surface area contributed by atoms with Gasteiger partial charge in [-0.1, -0.05) is 49.2 Å². The van der Waals surface area contributed by atoms with Crippen LogP contribution in [0.15, 0.2) is 54.6 Å². The fourth-order valence-electron chi connectivity index (χ4n) is 4.36. The summed E-state index contributed by atoms with van der Waals surface area (Å²) in [7, 11) is 0. The topological polar surface area (TPSA) is 64.7 Å². The largest absolute Gasteiger partial charge is 0.350 e. The van der Waals surface area contributed by atoms with Gasteiger partial charge in [0.25, 0.3) is 5.91 Å². The molecule has 158 valence electrons. The number of amides is 3. The second-order valence-electron chi connectivity index (χ2n) is 8.02. The smallest absolute Gasteiger partial charge is 0.321 e. The molecule has 2 aliphatic rings. The molecule has 6 nitrogen and oxygen atoms in total. The Kier molecular flexibility index (Phi) is 6.64. The molecule has 0 saturated carbocycles. The van der Waals surface area contributed by atoms with E-state index in [1.165, 1.54) is 31.2 Å². The first kappa shape index (κ1) is 20.4. The summed E-state index contributed by atoms with van der Waals surface area (Å²) in [6.45, 7) is 3.94. The van der Waals surface area contributed by atoms with Crippen molar-refractivity contribution in [1.29, 1.82) is 0 Å². The average Bonchev–Trinajstić information content (AvgIpc) is 3.04. The van der Waals surface area contributed by atoms with Crippen molar-refractivity contribution in [3.63, 3.8) is 0 Å². The Morgan fingerprint density at radius 3 is 2.43 bits per heavy atom.